The number of methoxy groups -OCH3 is 1. The van der Waals surface area contributed by atoms with Crippen molar-refractivity contribution < 1.29 is 9.13 Å². The van der Waals surface area contributed by atoms with E-state index >= 15 is 0 Å². The zero-order valence-corrected chi connectivity index (χ0v) is 16.0. The molecule has 0 saturated carbocycles. The van der Waals surface area contributed by atoms with Crippen LogP contribution in [0.25, 0.3) is 0 Å². The summed E-state index contributed by atoms with van der Waals surface area (Å²) in [6.45, 7) is 5.33. The third kappa shape index (κ3) is 5.20. The van der Waals surface area contributed by atoms with Gasteiger partial charge in [-0.3, -0.25) is 9.89 Å². The van der Waals surface area contributed by atoms with Crippen LogP contribution < -0.4 is 10.1 Å². The Bertz CT molecular complexity index is 758. The average molecular weight is 370 g/mol. The molecule has 0 aromatic heterocycles. The molecule has 0 amide bonds. The van der Waals surface area contributed by atoms with Crippen LogP contribution in [0.5, 0.6) is 5.75 Å². The van der Waals surface area contributed by atoms with Crippen LogP contribution in [-0.2, 0) is 13.1 Å². The van der Waals surface area contributed by atoms with Crippen LogP contribution in [0.4, 0.5) is 4.39 Å². The minimum atomic E-state index is -0.346. The number of ether oxygens (including phenoxy) is 1. The van der Waals surface area contributed by atoms with Gasteiger partial charge in [-0.1, -0.05) is 36.4 Å². The summed E-state index contributed by atoms with van der Waals surface area (Å²) in [5.74, 6) is 0.768. The molecule has 0 atom stereocenters. The number of rotatable bonds is 5. The molecule has 1 saturated heterocycles. The molecular formula is C21H27FN4O. The first-order valence-corrected chi connectivity index (χ1v) is 9.24. The normalized spacial score (nSPS) is 15.7. The monoisotopic (exact) mass is 370 g/mol. The Balaban J connectivity index is 1.49. The molecule has 3 rings (SSSR count). The van der Waals surface area contributed by atoms with Crippen LogP contribution in [0.3, 0.4) is 0 Å². The second kappa shape index (κ2) is 9.37. The first-order chi connectivity index (χ1) is 13.2. The molecule has 1 aliphatic rings. The number of aliphatic imine (C=N–C) groups is 1. The zero-order chi connectivity index (χ0) is 19.1. The van der Waals surface area contributed by atoms with Gasteiger partial charge in [-0.05, 0) is 23.3 Å². The molecule has 0 aliphatic carbocycles. The van der Waals surface area contributed by atoms with Crippen LogP contribution in [0.15, 0.2) is 53.5 Å². The van der Waals surface area contributed by atoms with Crippen LogP contribution in [0.1, 0.15) is 11.1 Å². The van der Waals surface area contributed by atoms with E-state index in [1.54, 1.807) is 13.1 Å². The van der Waals surface area contributed by atoms with Crippen molar-refractivity contribution in [1.82, 2.24) is 15.1 Å². The number of piperazine rings is 1. The van der Waals surface area contributed by atoms with E-state index in [0.717, 1.165) is 44.2 Å². The maximum Gasteiger partial charge on any atom is 0.194 e. The molecule has 27 heavy (non-hydrogen) atoms. The number of guanidine groups is 1. The standard InChI is InChI=1S/C21H27FN4O/c1-23-21(24-15-18-8-9-20(27-2)19(22)14-18)26-12-10-25(11-13-26)16-17-6-4-3-5-7-17/h3-9,14H,10-13,15-16H2,1-2H3,(H,23,24). The van der Waals surface area contributed by atoms with E-state index in [1.165, 1.54) is 18.7 Å². The molecule has 0 radical (unpaired) electrons. The molecular weight excluding hydrogens is 343 g/mol. The Morgan fingerprint density at radius 2 is 1.81 bits per heavy atom. The molecule has 0 bridgehead atoms. The van der Waals surface area contributed by atoms with E-state index in [2.05, 4.69) is 44.4 Å². The van der Waals surface area contributed by atoms with Crippen LogP contribution in [0.2, 0.25) is 0 Å². The van der Waals surface area contributed by atoms with Gasteiger partial charge in [-0.15, -0.1) is 0 Å². The lowest BCUT2D eigenvalue weighted by molar-refractivity contribution is 0.172. The number of nitrogens with one attached hydrogen (secondary N) is 1. The summed E-state index contributed by atoms with van der Waals surface area (Å²) in [7, 11) is 3.25. The molecule has 5 nitrogen and oxygen atoms in total. The fourth-order valence-corrected chi connectivity index (χ4v) is 3.29. The fraction of sp³-hybridized carbons (Fsp3) is 0.381. The molecule has 2 aromatic rings. The molecule has 0 spiro atoms. The summed E-state index contributed by atoms with van der Waals surface area (Å²) in [5.41, 5.74) is 2.20. The fourth-order valence-electron chi connectivity index (χ4n) is 3.29. The minimum Gasteiger partial charge on any atom is -0.494 e. The highest BCUT2D eigenvalue weighted by atomic mass is 19.1. The Kier molecular flexibility index (Phi) is 6.65. The lowest BCUT2D eigenvalue weighted by Gasteiger charge is -2.36. The van der Waals surface area contributed by atoms with Crippen LogP contribution in [0, 0.1) is 5.82 Å². The van der Waals surface area contributed by atoms with Crippen molar-refractivity contribution in [3.63, 3.8) is 0 Å². The number of nitrogens with zero attached hydrogens (tertiary/aromatic N) is 3. The molecule has 0 unspecified atom stereocenters. The molecule has 1 heterocycles. The maximum atomic E-state index is 13.8. The van der Waals surface area contributed by atoms with Gasteiger partial charge in [0.25, 0.3) is 0 Å². The number of hydrogen-bond donors (Lipinski definition) is 1. The van der Waals surface area contributed by atoms with Gasteiger partial charge in [-0.2, -0.15) is 0 Å². The summed E-state index contributed by atoms with van der Waals surface area (Å²) in [6, 6.07) is 15.6. The van der Waals surface area contributed by atoms with E-state index in [1.807, 2.05) is 12.1 Å². The Morgan fingerprint density at radius 1 is 1.07 bits per heavy atom. The topological polar surface area (TPSA) is 40.1 Å². The highest BCUT2D eigenvalue weighted by Gasteiger charge is 2.19. The summed E-state index contributed by atoms with van der Waals surface area (Å²) in [4.78, 5) is 9.09. The maximum absolute atomic E-state index is 13.8. The van der Waals surface area contributed by atoms with E-state index in [4.69, 9.17) is 4.74 Å². The predicted octanol–water partition coefficient (Wildman–Crippen LogP) is 2.73. The Morgan fingerprint density at radius 3 is 2.44 bits per heavy atom. The first kappa shape index (κ1) is 19.2. The second-order valence-corrected chi connectivity index (χ2v) is 6.62. The lowest BCUT2D eigenvalue weighted by Crippen LogP contribution is -2.52. The Hall–Kier alpha value is -2.60. The van der Waals surface area contributed by atoms with Crippen molar-refractivity contribution in [2.45, 2.75) is 13.1 Å². The van der Waals surface area contributed by atoms with Crippen molar-refractivity contribution in [3.8, 4) is 5.75 Å². The number of halogens is 1. The van der Waals surface area contributed by atoms with Crippen LogP contribution >= 0.6 is 0 Å². The minimum absolute atomic E-state index is 0.262. The highest BCUT2D eigenvalue weighted by molar-refractivity contribution is 5.80. The summed E-state index contributed by atoms with van der Waals surface area (Å²) < 4.78 is 18.8. The number of hydrogen-bond acceptors (Lipinski definition) is 3. The summed E-state index contributed by atoms with van der Waals surface area (Å²) >= 11 is 0. The van der Waals surface area contributed by atoms with Gasteiger partial charge in [0.2, 0.25) is 0 Å². The van der Waals surface area contributed by atoms with Gasteiger partial charge in [0, 0.05) is 46.3 Å². The summed E-state index contributed by atoms with van der Waals surface area (Å²) in [6.07, 6.45) is 0. The molecule has 1 aliphatic heterocycles. The van der Waals surface area contributed by atoms with Gasteiger partial charge < -0.3 is 15.0 Å². The summed E-state index contributed by atoms with van der Waals surface area (Å²) in [5, 5.41) is 3.33. The van der Waals surface area contributed by atoms with Gasteiger partial charge in [0.15, 0.2) is 17.5 Å². The predicted molar refractivity (Wildman–Crippen MR) is 106 cm³/mol. The quantitative estimate of drug-likeness (QED) is 0.649. The van der Waals surface area contributed by atoms with Crippen LogP contribution in [-0.4, -0.2) is 56.1 Å². The van der Waals surface area contributed by atoms with Gasteiger partial charge in [0.05, 0.1) is 7.11 Å². The molecule has 2 aromatic carbocycles. The number of benzene rings is 2. The van der Waals surface area contributed by atoms with Gasteiger partial charge in [-0.25, -0.2) is 4.39 Å². The second-order valence-electron chi connectivity index (χ2n) is 6.62. The van der Waals surface area contributed by atoms with Gasteiger partial charge in [0.1, 0.15) is 0 Å². The van der Waals surface area contributed by atoms with E-state index in [9.17, 15) is 4.39 Å². The average Bonchev–Trinajstić information content (AvgIpc) is 2.70. The lowest BCUT2D eigenvalue weighted by atomic mass is 10.2. The van der Waals surface area contributed by atoms with Crippen molar-refractivity contribution in [3.05, 3.63) is 65.5 Å². The van der Waals surface area contributed by atoms with E-state index in [0.29, 0.717) is 6.54 Å². The molecule has 1 fully saturated rings. The first-order valence-electron chi connectivity index (χ1n) is 9.24. The molecule has 6 heteroatoms. The van der Waals surface area contributed by atoms with Crippen molar-refractivity contribution in [2.75, 3.05) is 40.3 Å². The smallest absolute Gasteiger partial charge is 0.194 e. The molecule has 1 N–H and O–H groups in total. The molecule has 144 valence electrons. The third-order valence-corrected chi connectivity index (χ3v) is 4.80. The van der Waals surface area contributed by atoms with E-state index in [-0.39, 0.29) is 11.6 Å². The largest absolute Gasteiger partial charge is 0.494 e. The highest BCUT2D eigenvalue weighted by Crippen LogP contribution is 2.17. The third-order valence-electron chi connectivity index (χ3n) is 4.80. The van der Waals surface area contributed by atoms with Crippen molar-refractivity contribution >= 4 is 5.96 Å². The van der Waals surface area contributed by atoms with E-state index < -0.39 is 0 Å². The SMILES string of the molecule is CN=C(NCc1ccc(OC)c(F)c1)N1CCN(Cc2ccccc2)CC1. The zero-order valence-electron chi connectivity index (χ0n) is 16.0. The Labute approximate surface area is 160 Å². The van der Waals surface area contributed by atoms with Gasteiger partial charge >= 0.3 is 0 Å². The van der Waals surface area contributed by atoms with Crippen molar-refractivity contribution in [1.29, 1.82) is 0 Å². The van der Waals surface area contributed by atoms with Crippen molar-refractivity contribution in [2.24, 2.45) is 4.99 Å².